The van der Waals surface area contributed by atoms with Crippen molar-refractivity contribution in [2.24, 2.45) is 0 Å². The van der Waals surface area contributed by atoms with E-state index in [4.69, 9.17) is 11.6 Å². The van der Waals surface area contributed by atoms with Gasteiger partial charge in [0, 0.05) is 17.1 Å². The molecule has 2 N–H and O–H groups in total. The number of hydrogen-bond acceptors (Lipinski definition) is 5. The zero-order valence-corrected chi connectivity index (χ0v) is 18.7. The van der Waals surface area contributed by atoms with Crippen LogP contribution in [-0.2, 0) is 11.2 Å². The summed E-state index contributed by atoms with van der Waals surface area (Å²) in [4.78, 5) is 13.3. The Morgan fingerprint density at radius 3 is 2.53 bits per heavy atom. The molecule has 0 saturated heterocycles. The van der Waals surface area contributed by atoms with Crippen molar-refractivity contribution >= 4 is 35.0 Å². The van der Waals surface area contributed by atoms with Crippen molar-refractivity contribution in [3.63, 3.8) is 0 Å². The standard InChI is InChI=1S/C22H24ClN5OS/c1-4-5-18-25-26-22-28(18)27-19(15-6-8-16(23)9-7-15)20(30-22)21(29)24-17-11-13(2)10-14(3)12-17/h6-12,19-20,27H,4-5H2,1-3H3,(H,24,29)/t19-,20-/m0/s1. The van der Waals surface area contributed by atoms with Gasteiger partial charge in [-0.15, -0.1) is 10.2 Å². The Morgan fingerprint density at radius 2 is 1.87 bits per heavy atom. The number of amides is 1. The fourth-order valence-electron chi connectivity index (χ4n) is 3.66. The number of carbonyl (C=O) groups excluding carboxylic acids is 1. The Labute approximate surface area is 185 Å². The first-order valence-electron chi connectivity index (χ1n) is 9.96. The second-order valence-corrected chi connectivity index (χ2v) is 9.09. The maximum atomic E-state index is 13.3. The normalized spacial score (nSPS) is 17.9. The van der Waals surface area contributed by atoms with E-state index >= 15 is 0 Å². The Bertz CT molecular complexity index is 1050. The van der Waals surface area contributed by atoms with Gasteiger partial charge in [-0.2, -0.15) is 0 Å². The molecule has 0 spiro atoms. The van der Waals surface area contributed by atoms with Crippen LogP contribution < -0.4 is 10.7 Å². The third-order valence-electron chi connectivity index (χ3n) is 4.95. The molecule has 4 rings (SSSR count). The van der Waals surface area contributed by atoms with Gasteiger partial charge in [-0.05, 0) is 61.2 Å². The lowest BCUT2D eigenvalue weighted by atomic mass is 10.0. The number of carbonyl (C=O) groups is 1. The van der Waals surface area contributed by atoms with Gasteiger partial charge in [-0.25, -0.2) is 4.68 Å². The second-order valence-electron chi connectivity index (χ2n) is 7.55. The first-order chi connectivity index (χ1) is 14.4. The van der Waals surface area contributed by atoms with Gasteiger partial charge >= 0.3 is 0 Å². The minimum atomic E-state index is -0.418. The number of nitrogens with one attached hydrogen (secondary N) is 2. The van der Waals surface area contributed by atoms with Crippen LogP contribution in [0.25, 0.3) is 0 Å². The van der Waals surface area contributed by atoms with Crippen LogP contribution in [0.5, 0.6) is 0 Å². The average molecular weight is 442 g/mol. The highest BCUT2D eigenvalue weighted by Crippen LogP contribution is 2.38. The lowest BCUT2D eigenvalue weighted by Crippen LogP contribution is -2.41. The summed E-state index contributed by atoms with van der Waals surface area (Å²) in [5.41, 5.74) is 7.47. The topological polar surface area (TPSA) is 71.8 Å². The minimum Gasteiger partial charge on any atom is -0.325 e. The van der Waals surface area contributed by atoms with Gasteiger partial charge in [-0.3, -0.25) is 4.79 Å². The molecule has 30 heavy (non-hydrogen) atoms. The third kappa shape index (κ3) is 4.32. The van der Waals surface area contributed by atoms with Gasteiger partial charge in [0.15, 0.2) is 5.82 Å². The summed E-state index contributed by atoms with van der Waals surface area (Å²) in [6.45, 7) is 6.15. The fraction of sp³-hybridized carbons (Fsp3) is 0.318. The number of benzene rings is 2. The summed E-state index contributed by atoms with van der Waals surface area (Å²) in [5.74, 6) is 0.788. The molecule has 1 aliphatic heterocycles. The van der Waals surface area contributed by atoms with E-state index in [-0.39, 0.29) is 11.9 Å². The van der Waals surface area contributed by atoms with Crippen LogP contribution in [0.4, 0.5) is 5.69 Å². The van der Waals surface area contributed by atoms with Crippen LogP contribution in [0.1, 0.15) is 41.9 Å². The second kappa shape index (κ2) is 8.70. The molecular formula is C22H24ClN5OS. The number of thioether (sulfide) groups is 1. The molecule has 0 bridgehead atoms. The first-order valence-corrected chi connectivity index (χ1v) is 11.2. The highest BCUT2D eigenvalue weighted by molar-refractivity contribution is 8.00. The molecule has 156 valence electrons. The van der Waals surface area contributed by atoms with Crippen LogP contribution in [0.15, 0.2) is 47.6 Å². The number of nitrogens with zero attached hydrogens (tertiary/aromatic N) is 3. The number of halogens is 1. The molecule has 0 aliphatic carbocycles. The molecule has 0 unspecified atom stereocenters. The SMILES string of the molecule is CCCc1nnc2n1N[C@@H](c1ccc(Cl)cc1)[C@@H](C(=O)Nc1cc(C)cc(C)c1)S2. The van der Waals surface area contributed by atoms with Crippen molar-refractivity contribution in [2.45, 2.75) is 50.1 Å². The Morgan fingerprint density at radius 1 is 1.17 bits per heavy atom. The van der Waals surface area contributed by atoms with Gasteiger partial charge in [0.25, 0.3) is 0 Å². The van der Waals surface area contributed by atoms with Gasteiger partial charge in [0.1, 0.15) is 5.25 Å². The average Bonchev–Trinajstić information content (AvgIpc) is 3.09. The van der Waals surface area contributed by atoms with Crippen LogP contribution >= 0.6 is 23.4 Å². The predicted molar refractivity (Wildman–Crippen MR) is 122 cm³/mol. The van der Waals surface area contributed by atoms with Gasteiger partial charge in [0.05, 0.1) is 6.04 Å². The van der Waals surface area contributed by atoms with Gasteiger partial charge < -0.3 is 10.7 Å². The highest BCUT2D eigenvalue weighted by Gasteiger charge is 2.37. The lowest BCUT2D eigenvalue weighted by Gasteiger charge is -2.33. The van der Waals surface area contributed by atoms with E-state index < -0.39 is 5.25 Å². The van der Waals surface area contributed by atoms with Crippen molar-refractivity contribution in [1.29, 1.82) is 0 Å². The van der Waals surface area contributed by atoms with E-state index in [2.05, 4.69) is 33.9 Å². The zero-order valence-electron chi connectivity index (χ0n) is 17.1. The van der Waals surface area contributed by atoms with E-state index in [0.717, 1.165) is 41.0 Å². The summed E-state index contributed by atoms with van der Waals surface area (Å²) in [5, 5.41) is 12.6. The monoisotopic (exact) mass is 441 g/mol. The first kappa shape index (κ1) is 20.8. The molecule has 0 fully saturated rings. The molecule has 6 nitrogen and oxygen atoms in total. The summed E-state index contributed by atoms with van der Waals surface area (Å²) >= 11 is 7.51. The van der Waals surface area contributed by atoms with E-state index in [1.54, 1.807) is 0 Å². The molecular weight excluding hydrogens is 418 g/mol. The maximum Gasteiger partial charge on any atom is 0.240 e. The highest BCUT2D eigenvalue weighted by atomic mass is 35.5. The van der Waals surface area contributed by atoms with E-state index in [1.807, 2.05) is 54.9 Å². The van der Waals surface area contributed by atoms with Gasteiger partial charge in [0.2, 0.25) is 11.1 Å². The fourth-order valence-corrected chi connectivity index (χ4v) is 4.89. The van der Waals surface area contributed by atoms with Crippen molar-refractivity contribution in [2.75, 3.05) is 10.7 Å². The summed E-state index contributed by atoms with van der Waals surface area (Å²) < 4.78 is 1.91. The van der Waals surface area contributed by atoms with Crippen molar-refractivity contribution in [3.8, 4) is 0 Å². The maximum absolute atomic E-state index is 13.3. The molecule has 1 amide bonds. The molecule has 0 saturated carbocycles. The summed E-state index contributed by atoms with van der Waals surface area (Å²) in [6.07, 6.45) is 1.78. The third-order valence-corrected chi connectivity index (χ3v) is 6.42. The number of rotatable bonds is 5. The molecule has 1 aliphatic rings. The predicted octanol–water partition coefficient (Wildman–Crippen LogP) is 4.90. The zero-order chi connectivity index (χ0) is 21.3. The lowest BCUT2D eigenvalue weighted by molar-refractivity contribution is -0.116. The molecule has 1 aromatic heterocycles. The van der Waals surface area contributed by atoms with E-state index in [0.29, 0.717) is 10.2 Å². The summed E-state index contributed by atoms with van der Waals surface area (Å²) in [7, 11) is 0. The molecule has 2 heterocycles. The smallest absolute Gasteiger partial charge is 0.240 e. The van der Waals surface area contributed by atoms with Gasteiger partial charge in [-0.1, -0.05) is 48.5 Å². The molecule has 2 atom stereocenters. The van der Waals surface area contributed by atoms with Crippen LogP contribution in [0, 0.1) is 13.8 Å². The van der Waals surface area contributed by atoms with E-state index in [9.17, 15) is 4.79 Å². The Hall–Kier alpha value is -2.51. The number of aromatic nitrogens is 3. The molecule has 8 heteroatoms. The number of aryl methyl sites for hydroxylation is 3. The van der Waals surface area contributed by atoms with Crippen molar-refractivity contribution < 1.29 is 4.79 Å². The number of anilines is 1. The van der Waals surface area contributed by atoms with Crippen LogP contribution in [0.3, 0.4) is 0 Å². The molecule has 0 radical (unpaired) electrons. The molecule has 2 aromatic carbocycles. The quantitative estimate of drug-likeness (QED) is 0.589. The minimum absolute atomic E-state index is 0.0799. The Kier molecular flexibility index (Phi) is 6.01. The van der Waals surface area contributed by atoms with Crippen molar-refractivity contribution in [1.82, 2.24) is 14.9 Å². The number of fused-ring (bicyclic) bond motifs is 1. The van der Waals surface area contributed by atoms with E-state index in [1.165, 1.54) is 11.8 Å². The Balaban J connectivity index is 1.67. The number of hydrogen-bond donors (Lipinski definition) is 2. The molecule has 3 aromatic rings. The van der Waals surface area contributed by atoms with Crippen LogP contribution in [0.2, 0.25) is 5.02 Å². The largest absolute Gasteiger partial charge is 0.325 e. The van der Waals surface area contributed by atoms with Crippen LogP contribution in [-0.4, -0.2) is 26.0 Å². The summed E-state index contributed by atoms with van der Waals surface area (Å²) in [6, 6.07) is 13.4. The van der Waals surface area contributed by atoms with Crippen molar-refractivity contribution in [3.05, 3.63) is 70.0 Å².